The SMILES string of the molecule is CCN(CC)S(=O)(=O)c1scc(Nc2nc3nonc3nc2N[C@@H](c2ccco2)C(C)(C)C)c1O. The molecule has 0 aliphatic rings. The van der Waals surface area contributed by atoms with Crippen LogP contribution < -0.4 is 10.6 Å². The van der Waals surface area contributed by atoms with Gasteiger partial charge in [0, 0.05) is 18.5 Å². The van der Waals surface area contributed by atoms with Crippen LogP contribution in [0.15, 0.2) is 37.0 Å². The Labute approximate surface area is 206 Å². The third-order valence-corrected chi connectivity index (χ3v) is 8.89. The summed E-state index contributed by atoms with van der Waals surface area (Å²) >= 11 is 0.917. The van der Waals surface area contributed by atoms with Crippen LogP contribution in [0.2, 0.25) is 0 Å². The van der Waals surface area contributed by atoms with Crippen molar-refractivity contribution in [1.29, 1.82) is 0 Å². The second kappa shape index (κ2) is 9.43. The number of furan rings is 1. The average molecular weight is 522 g/mol. The molecule has 1 atom stereocenters. The van der Waals surface area contributed by atoms with Gasteiger partial charge in [-0.15, -0.1) is 11.3 Å². The van der Waals surface area contributed by atoms with Gasteiger partial charge in [-0.2, -0.15) is 4.31 Å². The summed E-state index contributed by atoms with van der Waals surface area (Å²) in [5, 5.41) is 26.2. The highest BCUT2D eigenvalue weighted by Crippen LogP contribution is 2.42. The molecule has 0 aliphatic carbocycles. The first kappa shape index (κ1) is 24.9. The van der Waals surface area contributed by atoms with Gasteiger partial charge in [0.25, 0.3) is 10.0 Å². The summed E-state index contributed by atoms with van der Waals surface area (Å²) in [6, 6.07) is 3.35. The number of sulfonamides is 1. The van der Waals surface area contributed by atoms with E-state index in [1.807, 2.05) is 26.8 Å². The smallest absolute Gasteiger partial charge is 0.256 e. The topological polar surface area (TPSA) is 160 Å². The molecule has 0 amide bonds. The monoisotopic (exact) mass is 521 g/mol. The van der Waals surface area contributed by atoms with E-state index in [0.717, 1.165) is 11.3 Å². The molecule has 12 nitrogen and oxygen atoms in total. The van der Waals surface area contributed by atoms with Gasteiger partial charge in [0.2, 0.25) is 11.3 Å². The summed E-state index contributed by atoms with van der Waals surface area (Å²) in [5.74, 6) is 0.790. The number of hydrogen-bond acceptors (Lipinski definition) is 12. The van der Waals surface area contributed by atoms with Crippen LogP contribution in [0.25, 0.3) is 11.3 Å². The van der Waals surface area contributed by atoms with Crippen molar-refractivity contribution >= 4 is 50.0 Å². The molecule has 0 radical (unpaired) electrons. The maximum absolute atomic E-state index is 12.9. The molecule has 0 aliphatic heterocycles. The van der Waals surface area contributed by atoms with Crippen molar-refractivity contribution in [1.82, 2.24) is 24.6 Å². The van der Waals surface area contributed by atoms with Gasteiger partial charge in [-0.05, 0) is 27.9 Å². The van der Waals surface area contributed by atoms with Gasteiger partial charge in [-0.3, -0.25) is 0 Å². The normalized spacial score (nSPS) is 13.4. The molecule has 14 heteroatoms. The van der Waals surface area contributed by atoms with E-state index in [1.165, 1.54) is 9.69 Å². The van der Waals surface area contributed by atoms with Crippen LogP contribution in [0, 0.1) is 5.41 Å². The van der Waals surface area contributed by atoms with Gasteiger partial charge in [0.05, 0.1) is 18.0 Å². The van der Waals surface area contributed by atoms with Crippen molar-refractivity contribution in [2.45, 2.75) is 44.9 Å². The lowest BCUT2D eigenvalue weighted by atomic mass is 9.85. The van der Waals surface area contributed by atoms with E-state index in [0.29, 0.717) is 11.6 Å². The third kappa shape index (κ3) is 4.81. The number of fused-ring (bicyclic) bond motifs is 1. The number of nitrogens with zero attached hydrogens (tertiary/aromatic N) is 5. The molecule has 0 unspecified atom stereocenters. The van der Waals surface area contributed by atoms with Crippen LogP contribution in [0.1, 0.15) is 46.4 Å². The van der Waals surface area contributed by atoms with Crippen molar-refractivity contribution in [3.8, 4) is 5.75 Å². The van der Waals surface area contributed by atoms with Crippen LogP contribution in [-0.4, -0.2) is 51.2 Å². The minimum atomic E-state index is -3.85. The van der Waals surface area contributed by atoms with Crippen LogP contribution in [-0.2, 0) is 10.0 Å². The summed E-state index contributed by atoms with van der Waals surface area (Å²) in [5.41, 5.74) is 0.210. The molecular weight excluding hydrogens is 494 g/mol. The van der Waals surface area contributed by atoms with E-state index in [1.54, 1.807) is 26.2 Å². The summed E-state index contributed by atoms with van der Waals surface area (Å²) in [6.07, 6.45) is 1.59. The predicted molar refractivity (Wildman–Crippen MR) is 131 cm³/mol. The Kier molecular flexibility index (Phi) is 6.71. The molecule has 35 heavy (non-hydrogen) atoms. The highest BCUT2D eigenvalue weighted by molar-refractivity contribution is 7.91. The Morgan fingerprint density at radius 2 is 1.80 bits per heavy atom. The Hall–Kier alpha value is -3.23. The minimum Gasteiger partial charge on any atom is -0.504 e. The van der Waals surface area contributed by atoms with Crippen LogP contribution in [0.3, 0.4) is 0 Å². The van der Waals surface area contributed by atoms with Gasteiger partial charge >= 0.3 is 0 Å². The minimum absolute atomic E-state index is 0.147. The Bertz CT molecular complexity index is 1400. The van der Waals surface area contributed by atoms with E-state index >= 15 is 0 Å². The lowest BCUT2D eigenvalue weighted by Crippen LogP contribution is -2.30. The Morgan fingerprint density at radius 3 is 2.37 bits per heavy atom. The average Bonchev–Trinajstić information content (AvgIpc) is 3.54. The van der Waals surface area contributed by atoms with Crippen molar-refractivity contribution in [3.05, 3.63) is 29.5 Å². The lowest BCUT2D eigenvalue weighted by Gasteiger charge is -2.30. The van der Waals surface area contributed by atoms with E-state index in [4.69, 9.17) is 9.05 Å². The summed E-state index contributed by atoms with van der Waals surface area (Å²) in [6.45, 7) is 10.2. The largest absolute Gasteiger partial charge is 0.504 e. The van der Waals surface area contributed by atoms with Crippen molar-refractivity contribution in [2.75, 3.05) is 23.7 Å². The number of thiophene rings is 1. The molecule has 3 N–H and O–H groups in total. The first-order chi connectivity index (χ1) is 16.6. The highest BCUT2D eigenvalue weighted by Gasteiger charge is 2.32. The number of rotatable bonds is 9. The maximum atomic E-state index is 12.9. The Morgan fingerprint density at radius 1 is 1.14 bits per heavy atom. The zero-order valence-electron chi connectivity index (χ0n) is 19.9. The summed E-state index contributed by atoms with van der Waals surface area (Å²) in [7, 11) is -3.85. The van der Waals surface area contributed by atoms with Gasteiger partial charge in [-0.25, -0.2) is 23.0 Å². The van der Waals surface area contributed by atoms with Crippen LogP contribution in [0.5, 0.6) is 5.75 Å². The second-order valence-corrected chi connectivity index (χ2v) is 11.8. The number of aromatic hydroxyl groups is 1. The third-order valence-electron chi connectivity index (χ3n) is 5.35. The number of anilines is 3. The number of nitrogens with one attached hydrogen (secondary N) is 2. The fourth-order valence-electron chi connectivity index (χ4n) is 3.55. The van der Waals surface area contributed by atoms with Gasteiger partial charge in [0.1, 0.15) is 5.76 Å². The molecule has 4 aromatic rings. The number of hydrogen-bond donors (Lipinski definition) is 3. The summed E-state index contributed by atoms with van der Waals surface area (Å²) in [4.78, 5) is 8.91. The molecule has 0 fully saturated rings. The van der Waals surface area contributed by atoms with E-state index in [-0.39, 0.29) is 51.6 Å². The van der Waals surface area contributed by atoms with Crippen LogP contribution >= 0.6 is 11.3 Å². The molecule has 4 heterocycles. The molecule has 188 valence electrons. The first-order valence-corrected chi connectivity index (χ1v) is 13.3. The van der Waals surface area contributed by atoms with Gasteiger partial charge < -0.3 is 20.2 Å². The maximum Gasteiger partial charge on any atom is 0.256 e. The number of aromatic nitrogens is 4. The quantitative estimate of drug-likeness (QED) is 0.287. The fraction of sp³-hybridized carbons (Fsp3) is 0.429. The Balaban J connectivity index is 1.74. The molecule has 0 saturated heterocycles. The van der Waals surface area contributed by atoms with E-state index in [9.17, 15) is 13.5 Å². The molecule has 4 aromatic heterocycles. The molecular formula is C21H27N7O5S2. The van der Waals surface area contributed by atoms with E-state index in [2.05, 4.69) is 30.9 Å². The second-order valence-electron chi connectivity index (χ2n) is 8.79. The van der Waals surface area contributed by atoms with Crippen molar-refractivity contribution < 1.29 is 22.6 Å². The zero-order chi connectivity index (χ0) is 25.4. The molecule has 0 aromatic carbocycles. The fourth-order valence-corrected chi connectivity index (χ4v) is 6.38. The first-order valence-electron chi connectivity index (χ1n) is 10.9. The highest BCUT2D eigenvalue weighted by atomic mass is 32.2. The molecule has 0 bridgehead atoms. The summed E-state index contributed by atoms with van der Waals surface area (Å²) < 4.78 is 37.4. The van der Waals surface area contributed by atoms with Gasteiger partial charge in [-0.1, -0.05) is 34.6 Å². The zero-order valence-corrected chi connectivity index (χ0v) is 21.6. The van der Waals surface area contributed by atoms with Crippen molar-refractivity contribution in [2.24, 2.45) is 5.41 Å². The molecule has 0 saturated carbocycles. The van der Waals surface area contributed by atoms with Gasteiger partial charge in [0.15, 0.2) is 21.6 Å². The predicted octanol–water partition coefficient (Wildman–Crippen LogP) is 4.35. The lowest BCUT2D eigenvalue weighted by molar-refractivity contribution is 0.303. The molecule has 0 spiro atoms. The van der Waals surface area contributed by atoms with E-state index < -0.39 is 15.8 Å². The molecule has 4 rings (SSSR count). The van der Waals surface area contributed by atoms with Crippen molar-refractivity contribution in [3.63, 3.8) is 0 Å². The van der Waals surface area contributed by atoms with Crippen LogP contribution in [0.4, 0.5) is 17.3 Å². The standard InChI is InChI=1S/C21H27N7O5S2/c1-6-28(7-2)35(30,31)20-14(29)12(11-34-20)22-16-17(25-19-18(24-16)26-33-27-19)23-15(21(3,4)5)13-9-8-10-32-13/h8-11,15,29H,6-7H2,1-5H3,(H,22,24,26)(H,23,25,27)/t15-/m0/s1.